The predicted octanol–water partition coefficient (Wildman–Crippen LogP) is 5.29. The van der Waals surface area contributed by atoms with Gasteiger partial charge in [0.25, 0.3) is 0 Å². The number of Topliss-reactive ketones (excluding diaryl/α,β-unsaturated/α-hetero) is 1. The van der Waals surface area contributed by atoms with E-state index in [0.717, 1.165) is 31.7 Å². The molecule has 1 aromatic heterocycles. The summed E-state index contributed by atoms with van der Waals surface area (Å²) in [5.41, 5.74) is 2.74. The van der Waals surface area contributed by atoms with Gasteiger partial charge in [-0.1, -0.05) is 39.8 Å². The van der Waals surface area contributed by atoms with Crippen LogP contribution in [0.5, 0.6) is 5.75 Å². The van der Waals surface area contributed by atoms with Gasteiger partial charge in [0.15, 0.2) is 5.78 Å². The van der Waals surface area contributed by atoms with Gasteiger partial charge in [-0.15, -0.1) is 0 Å². The van der Waals surface area contributed by atoms with Crippen LogP contribution < -0.4 is 4.74 Å². The molecule has 0 N–H and O–H groups in total. The molecule has 3 rings (SSSR count). The maximum absolute atomic E-state index is 12.3. The molecule has 0 unspecified atom stereocenters. The summed E-state index contributed by atoms with van der Waals surface area (Å²) in [7, 11) is 1.64. The highest BCUT2D eigenvalue weighted by Crippen LogP contribution is 2.27. The quantitative estimate of drug-likeness (QED) is 0.430. The minimum atomic E-state index is 0.0951. The lowest BCUT2D eigenvalue weighted by atomic mass is 10.1. The van der Waals surface area contributed by atoms with Crippen LogP contribution in [-0.2, 0) is 0 Å². The van der Waals surface area contributed by atoms with Crippen molar-refractivity contribution in [2.45, 2.75) is 11.9 Å². The number of carbonyl (C=O) groups is 1. The first kappa shape index (κ1) is 17.0. The second kappa shape index (κ2) is 7.36. The average Bonchev–Trinajstić information content (AvgIpc) is 2.59. The highest BCUT2D eigenvalue weighted by Gasteiger charge is 2.09. The van der Waals surface area contributed by atoms with Crippen LogP contribution in [0.4, 0.5) is 0 Å². The number of nitrogens with zero attached hydrogens (tertiary/aromatic N) is 1. The number of ether oxygens (including phenoxy) is 1. The summed E-state index contributed by atoms with van der Waals surface area (Å²) in [6, 6.07) is 15.3. The van der Waals surface area contributed by atoms with Gasteiger partial charge in [0.2, 0.25) is 0 Å². The van der Waals surface area contributed by atoms with Gasteiger partial charge in [-0.3, -0.25) is 4.79 Å². The van der Waals surface area contributed by atoms with Crippen LogP contribution in [0, 0.1) is 6.92 Å². The second-order valence-electron chi connectivity index (χ2n) is 5.38. The number of aryl methyl sites for hydroxylation is 1. The number of methoxy groups -OCH3 is 1. The fourth-order valence-corrected chi connectivity index (χ4v) is 3.54. The van der Waals surface area contributed by atoms with Crippen molar-refractivity contribution < 1.29 is 9.53 Å². The Morgan fingerprint density at radius 2 is 1.92 bits per heavy atom. The number of thioether (sulfide) groups is 1. The van der Waals surface area contributed by atoms with Crippen LogP contribution >= 0.6 is 27.7 Å². The first-order valence-corrected chi connectivity index (χ1v) is 9.21. The van der Waals surface area contributed by atoms with Crippen molar-refractivity contribution in [2.24, 2.45) is 0 Å². The Balaban J connectivity index is 1.79. The zero-order chi connectivity index (χ0) is 17.1. The lowest BCUT2D eigenvalue weighted by Crippen LogP contribution is -2.02. The summed E-state index contributed by atoms with van der Waals surface area (Å²) < 4.78 is 6.23. The molecular formula is C19H16BrNO2S. The first-order chi connectivity index (χ1) is 11.6. The molecule has 5 heteroatoms. The molecule has 0 radical (unpaired) electrons. The van der Waals surface area contributed by atoms with Gasteiger partial charge >= 0.3 is 0 Å². The van der Waals surface area contributed by atoms with E-state index in [4.69, 9.17) is 4.74 Å². The highest BCUT2D eigenvalue weighted by molar-refractivity contribution is 9.10. The fraction of sp³-hybridized carbons (Fsp3) is 0.158. The highest BCUT2D eigenvalue weighted by atomic mass is 79.9. The van der Waals surface area contributed by atoms with Crippen molar-refractivity contribution in [1.29, 1.82) is 0 Å². The molecule has 24 heavy (non-hydrogen) atoms. The third kappa shape index (κ3) is 3.79. The SMILES string of the molecule is COc1ccc2c(C)cc(SCC(=O)c3ccc(Br)cc3)nc2c1. The third-order valence-corrected chi connectivity index (χ3v) is 5.16. The van der Waals surface area contributed by atoms with Gasteiger partial charge < -0.3 is 4.74 Å². The maximum atomic E-state index is 12.3. The Bertz CT molecular complexity index is 894. The Morgan fingerprint density at radius 1 is 1.17 bits per heavy atom. The van der Waals surface area contributed by atoms with Crippen LogP contribution in [-0.4, -0.2) is 23.6 Å². The van der Waals surface area contributed by atoms with Crippen molar-refractivity contribution in [3.8, 4) is 5.75 Å². The van der Waals surface area contributed by atoms with E-state index >= 15 is 0 Å². The van der Waals surface area contributed by atoms with Gasteiger partial charge in [-0.05, 0) is 42.8 Å². The minimum Gasteiger partial charge on any atom is -0.497 e. The molecule has 122 valence electrons. The Morgan fingerprint density at radius 3 is 2.62 bits per heavy atom. The van der Waals surface area contributed by atoms with E-state index in [-0.39, 0.29) is 5.78 Å². The number of benzene rings is 2. The van der Waals surface area contributed by atoms with E-state index in [2.05, 4.69) is 27.8 Å². The van der Waals surface area contributed by atoms with E-state index in [0.29, 0.717) is 11.3 Å². The topological polar surface area (TPSA) is 39.2 Å². The molecule has 0 bridgehead atoms. The monoisotopic (exact) mass is 401 g/mol. The second-order valence-corrected chi connectivity index (χ2v) is 7.29. The van der Waals surface area contributed by atoms with E-state index in [1.807, 2.05) is 48.5 Å². The molecule has 0 atom stereocenters. The molecule has 0 amide bonds. The van der Waals surface area contributed by atoms with Crippen molar-refractivity contribution in [3.63, 3.8) is 0 Å². The number of aromatic nitrogens is 1. The smallest absolute Gasteiger partial charge is 0.173 e. The summed E-state index contributed by atoms with van der Waals surface area (Å²) in [4.78, 5) is 16.9. The Hall–Kier alpha value is -1.85. The third-order valence-electron chi connectivity index (χ3n) is 3.72. The summed E-state index contributed by atoms with van der Waals surface area (Å²) in [5.74, 6) is 1.24. The number of carbonyl (C=O) groups excluding carboxylic acids is 1. The molecule has 0 aliphatic rings. The number of halogens is 1. The first-order valence-electron chi connectivity index (χ1n) is 7.44. The summed E-state index contributed by atoms with van der Waals surface area (Å²) in [6.45, 7) is 2.05. The number of ketones is 1. The summed E-state index contributed by atoms with van der Waals surface area (Å²) in [6.07, 6.45) is 0. The molecule has 0 spiro atoms. The van der Waals surface area contributed by atoms with E-state index in [9.17, 15) is 4.79 Å². The largest absolute Gasteiger partial charge is 0.497 e. The normalized spacial score (nSPS) is 10.8. The van der Waals surface area contributed by atoms with E-state index in [1.165, 1.54) is 11.8 Å². The van der Waals surface area contributed by atoms with Crippen LogP contribution in [0.1, 0.15) is 15.9 Å². The molecule has 3 aromatic rings. The zero-order valence-corrected chi connectivity index (χ0v) is 15.8. The molecular weight excluding hydrogens is 386 g/mol. The van der Waals surface area contributed by atoms with Crippen molar-refractivity contribution in [3.05, 3.63) is 64.1 Å². The predicted molar refractivity (Wildman–Crippen MR) is 102 cm³/mol. The van der Waals surface area contributed by atoms with Gasteiger partial charge in [0, 0.05) is 21.5 Å². The molecule has 0 fully saturated rings. The average molecular weight is 402 g/mol. The van der Waals surface area contributed by atoms with Crippen molar-refractivity contribution in [1.82, 2.24) is 4.98 Å². The number of hydrogen-bond donors (Lipinski definition) is 0. The van der Waals surface area contributed by atoms with E-state index in [1.54, 1.807) is 7.11 Å². The molecule has 0 aliphatic carbocycles. The number of hydrogen-bond acceptors (Lipinski definition) is 4. The van der Waals surface area contributed by atoms with E-state index < -0.39 is 0 Å². The molecule has 2 aromatic carbocycles. The number of pyridine rings is 1. The lowest BCUT2D eigenvalue weighted by Gasteiger charge is -2.08. The van der Waals surface area contributed by atoms with Crippen LogP contribution in [0.15, 0.2) is 58.0 Å². The molecule has 0 saturated heterocycles. The Labute approximate surface area is 153 Å². The van der Waals surface area contributed by atoms with Crippen LogP contribution in [0.3, 0.4) is 0 Å². The lowest BCUT2D eigenvalue weighted by molar-refractivity contribution is 0.102. The molecule has 1 heterocycles. The zero-order valence-electron chi connectivity index (χ0n) is 13.4. The Kier molecular flexibility index (Phi) is 5.21. The summed E-state index contributed by atoms with van der Waals surface area (Å²) in [5, 5.41) is 1.94. The van der Waals surface area contributed by atoms with Crippen molar-refractivity contribution in [2.75, 3.05) is 12.9 Å². The molecule has 3 nitrogen and oxygen atoms in total. The molecule has 0 saturated carbocycles. The van der Waals surface area contributed by atoms with Crippen molar-refractivity contribution >= 4 is 44.4 Å². The van der Waals surface area contributed by atoms with Gasteiger partial charge in [0.05, 0.1) is 23.4 Å². The van der Waals surface area contributed by atoms with Gasteiger partial charge in [-0.2, -0.15) is 0 Å². The number of rotatable bonds is 5. The van der Waals surface area contributed by atoms with Crippen LogP contribution in [0.2, 0.25) is 0 Å². The minimum absolute atomic E-state index is 0.0951. The van der Waals surface area contributed by atoms with Crippen LogP contribution in [0.25, 0.3) is 10.9 Å². The maximum Gasteiger partial charge on any atom is 0.173 e. The summed E-state index contributed by atoms with van der Waals surface area (Å²) >= 11 is 4.83. The van der Waals surface area contributed by atoms with Gasteiger partial charge in [0.1, 0.15) is 5.75 Å². The number of fused-ring (bicyclic) bond motifs is 1. The van der Waals surface area contributed by atoms with Gasteiger partial charge in [-0.25, -0.2) is 4.98 Å². The standard InChI is InChI=1S/C19H16BrNO2S/c1-12-9-19(21-17-10-15(23-2)7-8-16(12)17)24-11-18(22)13-3-5-14(20)6-4-13/h3-10H,11H2,1-2H3. The fourth-order valence-electron chi connectivity index (χ4n) is 2.41. The molecule has 0 aliphatic heterocycles.